The predicted octanol–water partition coefficient (Wildman–Crippen LogP) is 1.85. The molecule has 1 saturated carbocycles. The molecule has 17 heavy (non-hydrogen) atoms. The Kier molecular flexibility index (Phi) is 2.17. The zero-order valence-electron chi connectivity index (χ0n) is 9.82. The van der Waals surface area contributed by atoms with Crippen LogP contribution < -0.4 is 10.1 Å². The van der Waals surface area contributed by atoms with Crippen LogP contribution in [0, 0.1) is 5.92 Å². The van der Waals surface area contributed by atoms with Crippen molar-refractivity contribution < 1.29 is 9.47 Å². The van der Waals surface area contributed by atoms with Gasteiger partial charge in [0.25, 0.3) is 0 Å². The van der Waals surface area contributed by atoms with Gasteiger partial charge in [-0.15, -0.1) is 0 Å². The van der Waals surface area contributed by atoms with Crippen LogP contribution in [0.25, 0.3) is 0 Å². The average Bonchev–Trinajstić information content (AvgIpc) is 3.00. The van der Waals surface area contributed by atoms with Crippen molar-refractivity contribution in [2.75, 3.05) is 6.54 Å². The molecule has 3 unspecified atom stereocenters. The van der Waals surface area contributed by atoms with Crippen LogP contribution in [-0.4, -0.2) is 18.7 Å². The summed E-state index contributed by atoms with van der Waals surface area (Å²) in [4.78, 5) is 0. The standard InChI is InChI=1S/C14H17NO2/c1-2-11(5-10-8-16-7-9(1)10)17-14-3-4-15-13-6-12(13)14/h1-2,5,12-15H,3-4,6-8H2. The molecular formula is C14H17NO2. The van der Waals surface area contributed by atoms with Crippen LogP contribution >= 0.6 is 0 Å². The summed E-state index contributed by atoms with van der Waals surface area (Å²) in [5.41, 5.74) is 2.61. The molecule has 3 aliphatic rings. The van der Waals surface area contributed by atoms with Crippen molar-refractivity contribution in [1.82, 2.24) is 5.32 Å². The smallest absolute Gasteiger partial charge is 0.120 e. The largest absolute Gasteiger partial charge is 0.490 e. The summed E-state index contributed by atoms with van der Waals surface area (Å²) >= 11 is 0. The maximum absolute atomic E-state index is 6.14. The van der Waals surface area contributed by atoms with Gasteiger partial charge >= 0.3 is 0 Å². The second-order valence-electron chi connectivity index (χ2n) is 5.33. The van der Waals surface area contributed by atoms with E-state index in [-0.39, 0.29) is 0 Å². The zero-order valence-corrected chi connectivity index (χ0v) is 9.82. The molecule has 4 rings (SSSR count). The second-order valence-corrected chi connectivity index (χ2v) is 5.33. The van der Waals surface area contributed by atoms with Gasteiger partial charge in [-0.25, -0.2) is 0 Å². The average molecular weight is 231 g/mol. The maximum Gasteiger partial charge on any atom is 0.120 e. The summed E-state index contributed by atoms with van der Waals surface area (Å²) in [5.74, 6) is 1.76. The summed E-state index contributed by atoms with van der Waals surface area (Å²) in [6.45, 7) is 2.60. The molecule has 1 N–H and O–H groups in total. The fraction of sp³-hybridized carbons (Fsp3) is 0.571. The number of nitrogens with one attached hydrogen (secondary N) is 1. The number of piperidine rings is 1. The Bertz CT molecular complexity index is 446. The number of benzene rings is 1. The topological polar surface area (TPSA) is 30.5 Å². The third kappa shape index (κ3) is 1.74. The molecule has 0 aromatic heterocycles. The van der Waals surface area contributed by atoms with Crippen molar-refractivity contribution in [2.24, 2.45) is 5.92 Å². The van der Waals surface area contributed by atoms with Gasteiger partial charge in [0.15, 0.2) is 0 Å². The molecule has 2 heterocycles. The van der Waals surface area contributed by atoms with Crippen LogP contribution in [0.1, 0.15) is 24.0 Å². The molecule has 0 amide bonds. The fourth-order valence-electron chi connectivity index (χ4n) is 3.03. The van der Waals surface area contributed by atoms with Gasteiger partial charge in [0.2, 0.25) is 0 Å². The van der Waals surface area contributed by atoms with Crippen molar-refractivity contribution in [2.45, 2.75) is 38.2 Å². The van der Waals surface area contributed by atoms with Crippen molar-refractivity contribution in [3.8, 4) is 5.75 Å². The summed E-state index contributed by atoms with van der Waals surface area (Å²) in [6.07, 6.45) is 2.84. The van der Waals surface area contributed by atoms with E-state index in [1.54, 1.807) is 0 Å². The number of hydrogen-bond acceptors (Lipinski definition) is 3. The van der Waals surface area contributed by atoms with Gasteiger partial charge in [-0.2, -0.15) is 0 Å². The van der Waals surface area contributed by atoms with E-state index in [2.05, 4.69) is 23.5 Å². The van der Waals surface area contributed by atoms with Crippen molar-refractivity contribution >= 4 is 0 Å². The first-order chi connectivity index (χ1) is 8.40. The number of rotatable bonds is 2. The molecule has 3 atom stereocenters. The van der Waals surface area contributed by atoms with Crippen LogP contribution in [-0.2, 0) is 18.0 Å². The molecule has 1 aliphatic carbocycles. The third-order valence-corrected chi connectivity index (χ3v) is 4.13. The lowest BCUT2D eigenvalue weighted by molar-refractivity contribution is 0.134. The maximum atomic E-state index is 6.14. The lowest BCUT2D eigenvalue weighted by atomic mass is 10.1. The molecule has 2 aliphatic heterocycles. The Hall–Kier alpha value is -1.06. The molecule has 3 heteroatoms. The first kappa shape index (κ1) is 9.92. The van der Waals surface area contributed by atoms with Crippen molar-refractivity contribution in [1.29, 1.82) is 0 Å². The highest BCUT2D eigenvalue weighted by molar-refractivity contribution is 5.36. The van der Waals surface area contributed by atoms with E-state index in [0.29, 0.717) is 6.10 Å². The van der Waals surface area contributed by atoms with Crippen LogP contribution in [0.2, 0.25) is 0 Å². The first-order valence-corrected chi connectivity index (χ1v) is 6.50. The first-order valence-electron chi connectivity index (χ1n) is 6.50. The lowest BCUT2D eigenvalue weighted by Gasteiger charge is -2.23. The molecule has 1 saturated heterocycles. The van der Waals surface area contributed by atoms with Crippen molar-refractivity contribution in [3.05, 3.63) is 29.3 Å². The minimum atomic E-state index is 0.418. The molecule has 90 valence electrons. The Morgan fingerprint density at radius 3 is 3.18 bits per heavy atom. The SMILES string of the molecule is c1cc2c(cc1OC1CCNC3CC31)COC2. The quantitative estimate of drug-likeness (QED) is 0.842. The van der Waals surface area contributed by atoms with Gasteiger partial charge in [-0.3, -0.25) is 0 Å². The minimum absolute atomic E-state index is 0.418. The van der Waals surface area contributed by atoms with Crippen LogP contribution in [0.15, 0.2) is 18.2 Å². The lowest BCUT2D eigenvalue weighted by Crippen LogP contribution is -2.35. The summed E-state index contributed by atoms with van der Waals surface area (Å²) in [6, 6.07) is 7.11. The van der Waals surface area contributed by atoms with Crippen molar-refractivity contribution in [3.63, 3.8) is 0 Å². The van der Waals surface area contributed by atoms with E-state index < -0.39 is 0 Å². The van der Waals surface area contributed by atoms with E-state index in [9.17, 15) is 0 Å². The molecule has 3 nitrogen and oxygen atoms in total. The number of hydrogen-bond donors (Lipinski definition) is 1. The molecule has 0 spiro atoms. The molecular weight excluding hydrogens is 214 g/mol. The van der Waals surface area contributed by atoms with Crippen LogP contribution in [0.3, 0.4) is 0 Å². The number of ether oxygens (including phenoxy) is 2. The molecule has 1 aromatic rings. The Balaban J connectivity index is 1.51. The monoisotopic (exact) mass is 231 g/mol. The summed E-state index contributed by atoms with van der Waals surface area (Å²) in [5, 5.41) is 3.51. The fourth-order valence-corrected chi connectivity index (χ4v) is 3.03. The Morgan fingerprint density at radius 1 is 1.24 bits per heavy atom. The van der Waals surface area contributed by atoms with E-state index in [1.807, 2.05) is 0 Å². The molecule has 1 aromatic carbocycles. The predicted molar refractivity (Wildman–Crippen MR) is 63.9 cm³/mol. The highest BCUT2D eigenvalue weighted by Gasteiger charge is 2.46. The van der Waals surface area contributed by atoms with E-state index in [0.717, 1.165) is 43.9 Å². The second kappa shape index (κ2) is 3.72. The summed E-state index contributed by atoms with van der Waals surface area (Å²) in [7, 11) is 0. The van der Waals surface area contributed by atoms with Gasteiger partial charge in [-0.05, 0) is 42.6 Å². The highest BCUT2D eigenvalue weighted by atomic mass is 16.5. The van der Waals surface area contributed by atoms with Gasteiger partial charge in [-0.1, -0.05) is 6.07 Å². The summed E-state index contributed by atoms with van der Waals surface area (Å²) < 4.78 is 11.6. The highest BCUT2D eigenvalue weighted by Crippen LogP contribution is 2.40. The van der Waals surface area contributed by atoms with Crippen LogP contribution in [0.5, 0.6) is 5.75 Å². The van der Waals surface area contributed by atoms with E-state index >= 15 is 0 Å². The van der Waals surface area contributed by atoms with Gasteiger partial charge < -0.3 is 14.8 Å². The minimum Gasteiger partial charge on any atom is -0.490 e. The van der Waals surface area contributed by atoms with Gasteiger partial charge in [0, 0.05) is 12.0 Å². The van der Waals surface area contributed by atoms with Gasteiger partial charge in [0.05, 0.1) is 13.2 Å². The Morgan fingerprint density at radius 2 is 2.18 bits per heavy atom. The van der Waals surface area contributed by atoms with Gasteiger partial charge in [0.1, 0.15) is 11.9 Å². The third-order valence-electron chi connectivity index (χ3n) is 4.13. The molecule has 0 bridgehead atoms. The normalized spacial score (nSPS) is 34.0. The Labute approximate surface area is 101 Å². The zero-order chi connectivity index (χ0) is 11.2. The van der Waals surface area contributed by atoms with Crippen LogP contribution in [0.4, 0.5) is 0 Å². The van der Waals surface area contributed by atoms with E-state index in [4.69, 9.17) is 9.47 Å². The molecule has 2 fully saturated rings. The molecule has 0 radical (unpaired) electrons. The number of fused-ring (bicyclic) bond motifs is 2. The van der Waals surface area contributed by atoms with E-state index in [1.165, 1.54) is 17.5 Å².